The van der Waals surface area contributed by atoms with Gasteiger partial charge in [-0.3, -0.25) is 0 Å². The fraction of sp³-hybridized carbons (Fsp3) is 0.0294. The van der Waals surface area contributed by atoms with Crippen LogP contribution in [-0.2, 0) is 21.7 Å². The maximum absolute atomic E-state index is 6.87. The Balaban J connectivity index is 0.625. The molecule has 4 aliphatic carbocycles. The summed E-state index contributed by atoms with van der Waals surface area (Å²) in [6.07, 6.45) is 0. The first-order valence-electron chi connectivity index (χ1n) is 48.6. The number of hydrogen-bond donors (Lipinski definition) is 0. The molecular formula is C136H88N2OS. The van der Waals surface area contributed by atoms with Crippen LogP contribution in [0.4, 0.5) is 34.1 Å². The molecule has 22 aromatic carbocycles. The van der Waals surface area contributed by atoms with E-state index in [0.717, 1.165) is 83.9 Å². The molecule has 0 N–H and O–H groups in total. The summed E-state index contributed by atoms with van der Waals surface area (Å²) in [5.74, 6) is 0. The van der Waals surface area contributed by atoms with Crippen LogP contribution in [0.1, 0.15) is 89.0 Å². The average molecular weight is 1800 g/mol. The second-order valence-corrected chi connectivity index (χ2v) is 38.8. The Morgan fingerprint density at radius 1 is 0.164 bits per heavy atom. The predicted molar refractivity (Wildman–Crippen MR) is 581 cm³/mol. The SMILES string of the molecule is c1ccc(C2(c3ccccc3)c3ccccc3-c3ccc(N(c4cccc(-c5cccc6c5oc5ccccc56)c4)c4ccc5c(c4)C(c4ccccc4)(c4ccc(-c6cc(-c7cccc(N(c8ccc9c(c8)C(c8ccccc8)(c8ccccc8)c8ccccc8-9)c8ccc9c(c8)C(c8ccccc8)(c8ccccc8)c8ccccc8-9)c7)c7sc8ccccc8c7c6)cc4)c4ccccc4-5)cc32)cc1. The molecule has 1 unspecified atom stereocenters. The minimum atomic E-state index is -0.798. The molecule has 0 amide bonds. The third-order valence-electron chi connectivity index (χ3n) is 31.0. The van der Waals surface area contributed by atoms with Crippen LogP contribution in [0, 0.1) is 0 Å². The molecule has 24 aromatic rings. The fourth-order valence-corrected chi connectivity index (χ4v) is 26.4. The Morgan fingerprint density at radius 2 is 0.457 bits per heavy atom. The topological polar surface area (TPSA) is 19.6 Å². The highest BCUT2D eigenvalue weighted by atomic mass is 32.1. The third kappa shape index (κ3) is 11.9. The van der Waals surface area contributed by atoms with Gasteiger partial charge >= 0.3 is 0 Å². The van der Waals surface area contributed by atoms with Gasteiger partial charge in [0.1, 0.15) is 11.2 Å². The van der Waals surface area contributed by atoms with Gasteiger partial charge in [0.2, 0.25) is 0 Å². The monoisotopic (exact) mass is 1800 g/mol. The van der Waals surface area contributed by atoms with Crippen molar-refractivity contribution in [2.24, 2.45) is 0 Å². The lowest BCUT2D eigenvalue weighted by atomic mass is 9.67. The van der Waals surface area contributed by atoms with Gasteiger partial charge in [0.05, 0.1) is 21.7 Å². The van der Waals surface area contributed by atoms with Crippen molar-refractivity contribution in [1.82, 2.24) is 0 Å². The van der Waals surface area contributed by atoms with E-state index in [-0.39, 0.29) is 0 Å². The molecule has 654 valence electrons. The minimum Gasteiger partial charge on any atom is -0.455 e. The van der Waals surface area contributed by atoms with Gasteiger partial charge in [0.25, 0.3) is 0 Å². The molecule has 0 aliphatic heterocycles. The Bertz CT molecular complexity index is 8760. The molecular weight excluding hydrogens is 1710 g/mol. The van der Waals surface area contributed by atoms with Crippen molar-refractivity contribution in [3.63, 3.8) is 0 Å². The Hall–Kier alpha value is -17.5. The minimum absolute atomic E-state index is 0.651. The summed E-state index contributed by atoms with van der Waals surface area (Å²) in [7, 11) is 0. The Labute approximate surface area is 818 Å². The van der Waals surface area contributed by atoms with Crippen LogP contribution in [0.25, 0.3) is 120 Å². The number of fused-ring (bicyclic) bond motifs is 18. The lowest BCUT2D eigenvalue weighted by Gasteiger charge is -2.36. The normalized spacial score (nSPS) is 14.5. The molecule has 3 nitrogen and oxygen atoms in total. The fourth-order valence-electron chi connectivity index (χ4n) is 25.2. The summed E-state index contributed by atoms with van der Waals surface area (Å²) < 4.78 is 9.36. The number of nitrogens with zero attached hydrogens (tertiary/aromatic N) is 2. The van der Waals surface area contributed by atoms with Gasteiger partial charge in [-0.25, -0.2) is 0 Å². The highest BCUT2D eigenvalue weighted by Gasteiger charge is 2.52. The first kappa shape index (κ1) is 80.9. The largest absolute Gasteiger partial charge is 0.455 e. The number of anilines is 6. The van der Waals surface area contributed by atoms with Crippen LogP contribution in [-0.4, -0.2) is 0 Å². The van der Waals surface area contributed by atoms with E-state index in [2.05, 4.69) is 544 Å². The summed E-state index contributed by atoms with van der Waals surface area (Å²) in [5.41, 5.74) is 41.3. The molecule has 0 bridgehead atoms. The van der Waals surface area contributed by atoms with E-state index in [1.54, 1.807) is 0 Å². The first-order valence-corrected chi connectivity index (χ1v) is 49.4. The van der Waals surface area contributed by atoms with Crippen LogP contribution < -0.4 is 9.80 Å². The van der Waals surface area contributed by atoms with E-state index in [4.69, 9.17) is 4.42 Å². The average Bonchev–Trinajstić information content (AvgIpc) is 1.43. The van der Waals surface area contributed by atoms with E-state index >= 15 is 0 Å². The summed E-state index contributed by atoms with van der Waals surface area (Å²) in [6, 6.07) is 201. The van der Waals surface area contributed by atoms with Crippen LogP contribution in [0.15, 0.2) is 538 Å². The van der Waals surface area contributed by atoms with Crippen molar-refractivity contribution >= 4 is 87.6 Å². The molecule has 1 atom stereocenters. The Kier molecular flexibility index (Phi) is 18.5. The lowest BCUT2D eigenvalue weighted by molar-refractivity contribution is 0.670. The highest BCUT2D eigenvalue weighted by Crippen LogP contribution is 2.64. The molecule has 140 heavy (non-hydrogen) atoms. The van der Waals surface area contributed by atoms with Crippen molar-refractivity contribution in [2.45, 2.75) is 21.7 Å². The van der Waals surface area contributed by atoms with Gasteiger partial charge in [-0.1, -0.05) is 437 Å². The van der Waals surface area contributed by atoms with Crippen molar-refractivity contribution in [3.05, 3.63) is 623 Å². The number of para-hydroxylation sites is 2. The molecule has 0 fully saturated rings. The van der Waals surface area contributed by atoms with Crippen LogP contribution in [0.3, 0.4) is 0 Å². The first-order chi connectivity index (χ1) is 69.4. The molecule has 2 aromatic heterocycles. The van der Waals surface area contributed by atoms with Gasteiger partial charge < -0.3 is 14.2 Å². The summed E-state index contributed by atoms with van der Waals surface area (Å²) >= 11 is 1.88. The van der Waals surface area contributed by atoms with Crippen molar-refractivity contribution in [1.29, 1.82) is 0 Å². The molecule has 2 heterocycles. The number of benzene rings is 22. The standard InChI is InChI=1S/C136H88N2OS/c1-8-39-93(40-9-1)133(94-41-10-2-11-42-94)121-63-28-22-55-108(121)112-77-73-103(85-125(112)133)137(101-53-34-37-90(81-101)107-61-36-62-118-116-59-26-32-67-129(116)139-131(107)118)106-76-80-115-111-58-25-31-66-124(111)136(128(115)88-106,99-51-20-7-21-52-99)100-71-69-89(70-72-100)92-83-119(132-120(84-92)117-60-27-33-68-130(117)140-132)91-38-35-54-102(82-91)138(104-74-78-113-109-56-23-29-64-122(109)134(126(113)86-104,95-43-12-3-13-44-95)96-45-14-4-15-46-96)105-75-79-114-110-57-24-30-65-123(110)135(127(114)87-105,97-47-16-5-17-48-97)98-49-18-6-19-50-98/h1-88H. The zero-order valence-electron chi connectivity index (χ0n) is 76.5. The number of furan rings is 1. The maximum atomic E-state index is 6.87. The summed E-state index contributed by atoms with van der Waals surface area (Å²) in [4.78, 5) is 5.08. The lowest BCUT2D eigenvalue weighted by Crippen LogP contribution is -2.29. The van der Waals surface area contributed by atoms with E-state index in [1.165, 1.54) is 159 Å². The molecule has 0 saturated carbocycles. The molecule has 4 heteroatoms. The number of rotatable bonds is 17. The smallest absolute Gasteiger partial charge is 0.143 e. The van der Waals surface area contributed by atoms with Crippen molar-refractivity contribution < 1.29 is 4.42 Å². The van der Waals surface area contributed by atoms with Gasteiger partial charge in [0.15, 0.2) is 0 Å². The van der Waals surface area contributed by atoms with E-state index < -0.39 is 21.7 Å². The second-order valence-electron chi connectivity index (χ2n) is 37.8. The van der Waals surface area contributed by atoms with Gasteiger partial charge in [-0.05, 0) is 253 Å². The zero-order chi connectivity index (χ0) is 92.2. The maximum Gasteiger partial charge on any atom is 0.143 e. The third-order valence-corrected chi connectivity index (χ3v) is 32.2. The van der Waals surface area contributed by atoms with Crippen LogP contribution in [0.2, 0.25) is 0 Å². The van der Waals surface area contributed by atoms with E-state index in [1.807, 2.05) is 11.3 Å². The number of thiophene rings is 1. The van der Waals surface area contributed by atoms with Gasteiger partial charge in [0, 0.05) is 76.2 Å². The zero-order valence-corrected chi connectivity index (χ0v) is 77.3. The molecule has 0 saturated heterocycles. The quantitative estimate of drug-likeness (QED) is 0.0906. The van der Waals surface area contributed by atoms with Gasteiger partial charge in [-0.15, -0.1) is 11.3 Å². The van der Waals surface area contributed by atoms with E-state index in [9.17, 15) is 0 Å². The van der Waals surface area contributed by atoms with Crippen LogP contribution >= 0.6 is 11.3 Å². The number of hydrogen-bond acceptors (Lipinski definition) is 4. The van der Waals surface area contributed by atoms with Crippen molar-refractivity contribution in [3.8, 4) is 77.9 Å². The van der Waals surface area contributed by atoms with E-state index in [0.29, 0.717) is 0 Å². The van der Waals surface area contributed by atoms with Crippen LogP contribution in [0.5, 0.6) is 0 Å². The van der Waals surface area contributed by atoms with Crippen molar-refractivity contribution in [2.75, 3.05) is 9.80 Å². The van der Waals surface area contributed by atoms with Gasteiger partial charge in [-0.2, -0.15) is 0 Å². The highest BCUT2D eigenvalue weighted by molar-refractivity contribution is 7.26. The molecule has 28 rings (SSSR count). The molecule has 4 aliphatic rings. The Morgan fingerprint density at radius 3 is 0.843 bits per heavy atom. The predicted octanol–water partition coefficient (Wildman–Crippen LogP) is 35.3. The summed E-state index contributed by atoms with van der Waals surface area (Å²) in [5, 5.41) is 4.66. The second kappa shape index (κ2) is 32.1. The summed E-state index contributed by atoms with van der Waals surface area (Å²) in [6.45, 7) is 0. The molecule has 0 spiro atoms. The molecule has 0 radical (unpaired) electrons.